The van der Waals surface area contributed by atoms with Gasteiger partial charge in [0.25, 0.3) is 5.91 Å². The Kier molecular flexibility index (Phi) is 8.92. The minimum Gasteiger partial charge on any atom is -0.493 e. The molecule has 0 aliphatic heterocycles. The summed E-state index contributed by atoms with van der Waals surface area (Å²) in [7, 11) is 0. The highest BCUT2D eigenvalue weighted by Crippen LogP contribution is 2.18. The van der Waals surface area contributed by atoms with E-state index in [1.807, 2.05) is 79.7 Å². The Labute approximate surface area is 217 Å². The number of nitrogens with one attached hydrogen (secondary N) is 3. The smallest absolute Gasteiger partial charge is 0.251 e. The van der Waals surface area contributed by atoms with Crippen LogP contribution in [0.4, 0.5) is 11.4 Å². The highest BCUT2D eigenvalue weighted by Gasteiger charge is 2.12. The summed E-state index contributed by atoms with van der Waals surface area (Å²) in [6, 6.07) is 34.3. The first kappa shape index (κ1) is 25.5. The van der Waals surface area contributed by atoms with Gasteiger partial charge in [-0.15, -0.1) is 0 Å². The fraction of sp³-hybridized carbons (Fsp3) is 0.161. The van der Waals surface area contributed by atoms with Gasteiger partial charge in [0.1, 0.15) is 5.75 Å². The van der Waals surface area contributed by atoms with Crippen molar-refractivity contribution in [2.75, 3.05) is 23.8 Å². The number of ether oxygens (including phenoxy) is 1. The van der Waals surface area contributed by atoms with Crippen molar-refractivity contribution >= 4 is 23.2 Å². The van der Waals surface area contributed by atoms with E-state index in [9.17, 15) is 9.59 Å². The Morgan fingerprint density at radius 2 is 1.49 bits per heavy atom. The van der Waals surface area contributed by atoms with E-state index in [1.165, 1.54) is 5.56 Å². The van der Waals surface area contributed by atoms with Crippen molar-refractivity contribution in [3.8, 4) is 5.75 Å². The molecule has 4 aromatic rings. The van der Waals surface area contributed by atoms with Crippen LogP contribution in [0.5, 0.6) is 5.75 Å². The Bertz CT molecular complexity index is 1310. The van der Waals surface area contributed by atoms with Crippen LogP contribution >= 0.6 is 0 Å². The minimum absolute atomic E-state index is 0.0783. The van der Waals surface area contributed by atoms with Gasteiger partial charge in [0.2, 0.25) is 5.91 Å². The van der Waals surface area contributed by atoms with Crippen molar-refractivity contribution in [3.63, 3.8) is 0 Å². The van der Waals surface area contributed by atoms with Crippen molar-refractivity contribution in [1.82, 2.24) is 5.32 Å². The number of amides is 2. The number of hydrogen-bond acceptors (Lipinski definition) is 4. The molecule has 6 heteroatoms. The molecule has 4 rings (SSSR count). The quantitative estimate of drug-likeness (QED) is 0.245. The Balaban J connectivity index is 1.25. The second kappa shape index (κ2) is 12.9. The zero-order valence-corrected chi connectivity index (χ0v) is 20.8. The maximum Gasteiger partial charge on any atom is 0.251 e. The van der Waals surface area contributed by atoms with Crippen molar-refractivity contribution < 1.29 is 14.3 Å². The first-order chi connectivity index (χ1) is 18.1. The molecule has 0 aliphatic carbocycles. The summed E-state index contributed by atoms with van der Waals surface area (Å²) < 4.78 is 5.87. The molecule has 0 heterocycles. The molecule has 0 aromatic heterocycles. The predicted molar refractivity (Wildman–Crippen MR) is 148 cm³/mol. The molecule has 2 amide bonds. The summed E-state index contributed by atoms with van der Waals surface area (Å²) in [5.74, 6) is 0.324. The molecule has 3 N–H and O–H groups in total. The van der Waals surface area contributed by atoms with E-state index in [4.69, 9.17) is 4.74 Å². The van der Waals surface area contributed by atoms with Crippen LogP contribution in [0.3, 0.4) is 0 Å². The van der Waals surface area contributed by atoms with E-state index < -0.39 is 0 Å². The van der Waals surface area contributed by atoms with E-state index >= 15 is 0 Å². The van der Waals surface area contributed by atoms with Gasteiger partial charge < -0.3 is 20.7 Å². The van der Waals surface area contributed by atoms with E-state index in [2.05, 4.69) is 28.1 Å². The maximum atomic E-state index is 12.7. The maximum absolute atomic E-state index is 12.7. The van der Waals surface area contributed by atoms with E-state index in [-0.39, 0.29) is 24.4 Å². The monoisotopic (exact) mass is 493 g/mol. The summed E-state index contributed by atoms with van der Waals surface area (Å²) in [6.45, 7) is 2.59. The average Bonchev–Trinajstić information content (AvgIpc) is 2.93. The van der Waals surface area contributed by atoms with Gasteiger partial charge in [-0.2, -0.15) is 0 Å². The molecule has 1 atom stereocenters. The molecule has 0 saturated heterocycles. The van der Waals surface area contributed by atoms with Crippen molar-refractivity contribution in [1.29, 1.82) is 0 Å². The molecular weight excluding hydrogens is 462 g/mol. The van der Waals surface area contributed by atoms with Crippen LogP contribution in [0.2, 0.25) is 0 Å². The molecule has 0 saturated carbocycles. The Hall–Kier alpha value is -4.58. The standard InChI is InChI=1S/C31H31N3O3/c1-23(25-12-6-3-7-13-25)33-31(36)26-14-8-16-28(20-26)34-30(35)22-32-27-15-9-17-29(21-27)37-19-18-24-10-4-2-5-11-24/h2-17,20-21,23,32H,18-19,22H2,1H3,(H,33,36)(H,34,35). The third kappa shape index (κ3) is 7.97. The van der Waals surface area contributed by atoms with Crippen LogP contribution in [0.25, 0.3) is 0 Å². The molecule has 1 unspecified atom stereocenters. The number of carbonyl (C=O) groups is 2. The third-order valence-corrected chi connectivity index (χ3v) is 5.85. The van der Waals surface area contributed by atoms with Crippen molar-refractivity contribution in [2.45, 2.75) is 19.4 Å². The predicted octanol–water partition coefficient (Wildman–Crippen LogP) is 5.85. The van der Waals surface area contributed by atoms with Gasteiger partial charge >= 0.3 is 0 Å². The van der Waals surface area contributed by atoms with Crippen LogP contribution < -0.4 is 20.7 Å². The number of anilines is 2. The van der Waals surface area contributed by atoms with E-state index in [1.54, 1.807) is 24.3 Å². The minimum atomic E-state index is -0.217. The first-order valence-electron chi connectivity index (χ1n) is 12.3. The molecule has 0 radical (unpaired) electrons. The summed E-state index contributed by atoms with van der Waals surface area (Å²) in [5, 5.41) is 8.96. The zero-order valence-electron chi connectivity index (χ0n) is 20.8. The topological polar surface area (TPSA) is 79.5 Å². The second-order valence-electron chi connectivity index (χ2n) is 8.70. The average molecular weight is 494 g/mol. The molecule has 6 nitrogen and oxygen atoms in total. The molecule has 0 fully saturated rings. The Morgan fingerprint density at radius 3 is 2.27 bits per heavy atom. The lowest BCUT2D eigenvalue weighted by atomic mass is 10.1. The lowest BCUT2D eigenvalue weighted by Crippen LogP contribution is -2.27. The second-order valence-corrected chi connectivity index (χ2v) is 8.70. The van der Waals surface area contributed by atoms with Crippen LogP contribution in [-0.2, 0) is 11.2 Å². The van der Waals surface area contributed by atoms with Crippen LogP contribution in [0.15, 0.2) is 109 Å². The lowest BCUT2D eigenvalue weighted by molar-refractivity contribution is -0.114. The zero-order chi connectivity index (χ0) is 25.9. The van der Waals surface area contributed by atoms with Crippen molar-refractivity contribution in [3.05, 3.63) is 126 Å². The third-order valence-electron chi connectivity index (χ3n) is 5.85. The van der Waals surface area contributed by atoms with Crippen LogP contribution in [-0.4, -0.2) is 25.0 Å². The summed E-state index contributed by atoms with van der Waals surface area (Å²) in [5.41, 5.74) is 4.08. The number of carbonyl (C=O) groups excluding carboxylic acids is 2. The van der Waals surface area contributed by atoms with Gasteiger partial charge in [-0.05, 0) is 48.4 Å². The fourth-order valence-corrected chi connectivity index (χ4v) is 3.86. The normalized spacial score (nSPS) is 11.3. The molecular formula is C31H31N3O3. The SMILES string of the molecule is CC(NC(=O)c1cccc(NC(=O)CNc2cccc(OCCc3ccccc3)c2)c1)c1ccccc1. The van der Waals surface area contributed by atoms with E-state index in [0.717, 1.165) is 23.4 Å². The molecule has 188 valence electrons. The van der Waals surface area contributed by atoms with Crippen LogP contribution in [0.1, 0.15) is 34.5 Å². The molecule has 4 aromatic carbocycles. The molecule has 0 spiro atoms. The van der Waals surface area contributed by atoms with Gasteiger partial charge in [0.15, 0.2) is 0 Å². The highest BCUT2D eigenvalue weighted by molar-refractivity contribution is 5.98. The van der Waals surface area contributed by atoms with E-state index in [0.29, 0.717) is 17.9 Å². The molecule has 0 aliphatic rings. The van der Waals surface area contributed by atoms with Crippen LogP contribution in [0, 0.1) is 0 Å². The van der Waals surface area contributed by atoms with Gasteiger partial charge in [0.05, 0.1) is 19.2 Å². The number of benzene rings is 4. The fourth-order valence-electron chi connectivity index (χ4n) is 3.86. The van der Waals surface area contributed by atoms with Gasteiger partial charge in [0, 0.05) is 29.4 Å². The summed E-state index contributed by atoms with van der Waals surface area (Å²) in [6.07, 6.45) is 0.823. The van der Waals surface area contributed by atoms with Gasteiger partial charge in [-0.25, -0.2) is 0 Å². The first-order valence-corrected chi connectivity index (χ1v) is 12.3. The lowest BCUT2D eigenvalue weighted by Gasteiger charge is -2.15. The summed E-state index contributed by atoms with van der Waals surface area (Å²) >= 11 is 0. The Morgan fingerprint density at radius 1 is 0.784 bits per heavy atom. The number of hydrogen-bond donors (Lipinski definition) is 3. The van der Waals surface area contributed by atoms with Gasteiger partial charge in [-0.1, -0.05) is 72.8 Å². The summed E-state index contributed by atoms with van der Waals surface area (Å²) in [4.78, 5) is 25.3. The molecule has 37 heavy (non-hydrogen) atoms. The van der Waals surface area contributed by atoms with Crippen molar-refractivity contribution in [2.24, 2.45) is 0 Å². The number of rotatable bonds is 11. The molecule has 0 bridgehead atoms. The van der Waals surface area contributed by atoms with Gasteiger partial charge in [-0.3, -0.25) is 9.59 Å². The largest absolute Gasteiger partial charge is 0.493 e. The highest BCUT2D eigenvalue weighted by atomic mass is 16.5.